The van der Waals surface area contributed by atoms with Crippen LogP contribution in [0.25, 0.3) is 16.8 Å². The number of rotatable bonds is 2. The smallest absolute Gasteiger partial charge is 0.274 e. The molecule has 0 fully saturated rings. The number of fused-ring (bicyclic) bond motifs is 2. The Labute approximate surface area is 177 Å². The van der Waals surface area contributed by atoms with Gasteiger partial charge in [-0.15, -0.1) is 0 Å². The molecule has 3 aromatic heterocycles. The summed E-state index contributed by atoms with van der Waals surface area (Å²) >= 11 is 3.45. The van der Waals surface area contributed by atoms with Crippen LogP contribution >= 0.6 is 15.9 Å². The van der Waals surface area contributed by atoms with Crippen molar-refractivity contribution in [2.24, 2.45) is 0 Å². The largest absolute Gasteiger partial charge is 0.330 e. The van der Waals surface area contributed by atoms with Crippen molar-refractivity contribution in [2.45, 2.75) is 19.4 Å². The molecule has 0 bridgehead atoms. The fraction of sp³-hybridized carbons (Fsp3) is 0.174. The van der Waals surface area contributed by atoms with Gasteiger partial charge in [0.25, 0.3) is 5.91 Å². The standard InChI is InChI=1S/C23H19BrN4O/c1-15-18-5-4-6-20(21-7-2-3-11-25-21)19(18)10-12-27(15)23(29)22-13-17-9-8-16(24)14-28(17)26-22/h2-9,11,13-15H,10,12H2,1H3. The zero-order chi connectivity index (χ0) is 20.0. The van der Waals surface area contributed by atoms with Gasteiger partial charge >= 0.3 is 0 Å². The van der Waals surface area contributed by atoms with E-state index in [0.29, 0.717) is 12.2 Å². The van der Waals surface area contributed by atoms with Gasteiger partial charge in [-0.05, 0) is 70.7 Å². The van der Waals surface area contributed by atoms with Crippen molar-refractivity contribution in [3.63, 3.8) is 0 Å². The van der Waals surface area contributed by atoms with E-state index in [0.717, 1.165) is 27.7 Å². The third-order valence-corrected chi connectivity index (χ3v) is 6.05. The number of amides is 1. The van der Waals surface area contributed by atoms with E-state index in [-0.39, 0.29) is 11.9 Å². The first-order chi connectivity index (χ1) is 14.1. The summed E-state index contributed by atoms with van der Waals surface area (Å²) in [6.07, 6.45) is 4.48. The van der Waals surface area contributed by atoms with E-state index < -0.39 is 0 Å². The molecule has 1 aromatic carbocycles. The van der Waals surface area contributed by atoms with Gasteiger partial charge in [-0.1, -0.05) is 24.3 Å². The molecule has 5 nitrogen and oxygen atoms in total. The molecule has 0 radical (unpaired) electrons. The maximum absolute atomic E-state index is 13.3. The van der Waals surface area contributed by atoms with E-state index in [1.165, 1.54) is 11.1 Å². The van der Waals surface area contributed by atoms with E-state index in [1.807, 2.05) is 53.7 Å². The normalized spacial score (nSPS) is 16.1. The number of hydrogen-bond donors (Lipinski definition) is 0. The van der Waals surface area contributed by atoms with Gasteiger partial charge in [0.1, 0.15) is 0 Å². The van der Waals surface area contributed by atoms with E-state index in [2.05, 4.69) is 51.1 Å². The van der Waals surface area contributed by atoms with Crippen LogP contribution in [0.1, 0.15) is 34.6 Å². The topological polar surface area (TPSA) is 50.5 Å². The van der Waals surface area contributed by atoms with E-state index in [4.69, 9.17) is 0 Å². The number of aromatic nitrogens is 3. The number of nitrogens with zero attached hydrogens (tertiary/aromatic N) is 4. The molecular weight excluding hydrogens is 428 g/mol. The van der Waals surface area contributed by atoms with Crippen molar-refractivity contribution in [2.75, 3.05) is 6.54 Å². The van der Waals surface area contributed by atoms with Crippen LogP contribution in [-0.2, 0) is 6.42 Å². The Morgan fingerprint density at radius 3 is 2.86 bits per heavy atom. The molecule has 0 saturated heterocycles. The molecule has 1 aliphatic heterocycles. The predicted octanol–water partition coefficient (Wildman–Crippen LogP) is 4.92. The molecule has 1 atom stereocenters. The summed E-state index contributed by atoms with van der Waals surface area (Å²) in [6, 6.07) is 18.0. The molecule has 0 spiro atoms. The molecule has 1 amide bonds. The van der Waals surface area contributed by atoms with Crippen molar-refractivity contribution in [1.29, 1.82) is 0 Å². The number of benzene rings is 1. The molecule has 4 heterocycles. The SMILES string of the molecule is CC1c2cccc(-c3ccccn3)c2CCN1C(=O)c1cc2ccc(Br)cn2n1. The summed E-state index contributed by atoms with van der Waals surface area (Å²) in [5.74, 6) is -0.0359. The lowest BCUT2D eigenvalue weighted by atomic mass is 9.88. The fourth-order valence-corrected chi connectivity index (χ4v) is 4.45. The van der Waals surface area contributed by atoms with Crippen LogP contribution in [-0.4, -0.2) is 31.9 Å². The number of halogens is 1. The van der Waals surface area contributed by atoms with Crippen molar-refractivity contribution in [1.82, 2.24) is 19.5 Å². The molecule has 1 unspecified atom stereocenters. The second kappa shape index (κ2) is 7.12. The van der Waals surface area contributed by atoms with Crippen molar-refractivity contribution < 1.29 is 4.79 Å². The fourth-order valence-electron chi connectivity index (χ4n) is 4.12. The highest BCUT2D eigenvalue weighted by molar-refractivity contribution is 9.10. The monoisotopic (exact) mass is 446 g/mol. The average molecular weight is 447 g/mol. The minimum absolute atomic E-state index is 0.0218. The maximum atomic E-state index is 13.3. The Balaban J connectivity index is 1.49. The summed E-state index contributed by atoms with van der Waals surface area (Å²) < 4.78 is 2.66. The summed E-state index contributed by atoms with van der Waals surface area (Å²) in [5, 5.41) is 4.49. The van der Waals surface area contributed by atoms with Crippen LogP contribution in [0.15, 0.2) is 71.5 Å². The van der Waals surface area contributed by atoms with Gasteiger partial charge in [-0.25, -0.2) is 4.52 Å². The van der Waals surface area contributed by atoms with Crippen molar-refractivity contribution >= 4 is 27.4 Å². The van der Waals surface area contributed by atoms with Crippen LogP contribution in [0.4, 0.5) is 0 Å². The zero-order valence-corrected chi connectivity index (χ0v) is 17.5. The highest BCUT2D eigenvalue weighted by Crippen LogP contribution is 2.35. The van der Waals surface area contributed by atoms with Crippen molar-refractivity contribution in [3.8, 4) is 11.3 Å². The minimum atomic E-state index is -0.0359. The number of carbonyl (C=O) groups is 1. The van der Waals surface area contributed by atoms with Gasteiger partial charge in [0.15, 0.2) is 5.69 Å². The second-order valence-electron chi connectivity index (χ2n) is 7.26. The highest BCUT2D eigenvalue weighted by atomic mass is 79.9. The number of carbonyl (C=O) groups excluding carboxylic acids is 1. The Morgan fingerprint density at radius 1 is 1.14 bits per heavy atom. The van der Waals surface area contributed by atoms with Crippen LogP contribution in [0.5, 0.6) is 0 Å². The summed E-state index contributed by atoms with van der Waals surface area (Å²) in [7, 11) is 0. The van der Waals surface area contributed by atoms with Gasteiger partial charge in [0.05, 0.1) is 17.3 Å². The predicted molar refractivity (Wildman–Crippen MR) is 116 cm³/mol. The first-order valence-electron chi connectivity index (χ1n) is 9.61. The lowest BCUT2D eigenvalue weighted by Crippen LogP contribution is -2.39. The second-order valence-corrected chi connectivity index (χ2v) is 8.17. The highest BCUT2D eigenvalue weighted by Gasteiger charge is 2.31. The van der Waals surface area contributed by atoms with Gasteiger partial charge in [-0.2, -0.15) is 5.10 Å². The molecule has 29 heavy (non-hydrogen) atoms. The molecular formula is C23H19BrN4O. The maximum Gasteiger partial charge on any atom is 0.274 e. The van der Waals surface area contributed by atoms with Gasteiger partial charge in [-0.3, -0.25) is 9.78 Å². The Kier molecular flexibility index (Phi) is 4.43. The lowest BCUT2D eigenvalue weighted by molar-refractivity contribution is 0.0671. The third kappa shape index (κ3) is 3.13. The first-order valence-corrected chi connectivity index (χ1v) is 10.4. The lowest BCUT2D eigenvalue weighted by Gasteiger charge is -2.35. The first kappa shape index (κ1) is 18.1. The number of pyridine rings is 2. The number of hydrogen-bond acceptors (Lipinski definition) is 3. The molecule has 5 rings (SSSR count). The average Bonchev–Trinajstić information content (AvgIpc) is 3.17. The molecule has 144 valence electrons. The zero-order valence-electron chi connectivity index (χ0n) is 15.9. The molecule has 0 N–H and O–H groups in total. The molecule has 4 aromatic rings. The quantitative estimate of drug-likeness (QED) is 0.439. The van der Waals surface area contributed by atoms with Crippen LogP contribution in [0, 0.1) is 0 Å². The van der Waals surface area contributed by atoms with E-state index >= 15 is 0 Å². The van der Waals surface area contributed by atoms with Gasteiger partial charge in [0, 0.05) is 29.0 Å². The van der Waals surface area contributed by atoms with Gasteiger partial charge in [0.2, 0.25) is 0 Å². The Morgan fingerprint density at radius 2 is 2.03 bits per heavy atom. The summed E-state index contributed by atoms with van der Waals surface area (Å²) in [6.45, 7) is 2.75. The summed E-state index contributed by atoms with van der Waals surface area (Å²) in [4.78, 5) is 19.7. The Bertz CT molecular complexity index is 1220. The van der Waals surface area contributed by atoms with Crippen molar-refractivity contribution in [3.05, 3.63) is 88.3 Å². The minimum Gasteiger partial charge on any atom is -0.330 e. The molecule has 0 saturated carbocycles. The molecule has 0 aliphatic carbocycles. The Hall–Kier alpha value is -2.99. The molecule has 1 aliphatic rings. The van der Waals surface area contributed by atoms with E-state index in [1.54, 1.807) is 4.52 Å². The van der Waals surface area contributed by atoms with Gasteiger partial charge < -0.3 is 4.90 Å². The van der Waals surface area contributed by atoms with Crippen LogP contribution in [0.3, 0.4) is 0 Å². The summed E-state index contributed by atoms with van der Waals surface area (Å²) in [5.41, 5.74) is 5.96. The third-order valence-electron chi connectivity index (χ3n) is 5.58. The molecule has 6 heteroatoms. The van der Waals surface area contributed by atoms with Crippen LogP contribution in [0.2, 0.25) is 0 Å². The van der Waals surface area contributed by atoms with E-state index in [9.17, 15) is 4.79 Å². The van der Waals surface area contributed by atoms with Crippen LogP contribution < -0.4 is 0 Å².